The Labute approximate surface area is 172 Å². The van der Waals surface area contributed by atoms with Crippen LogP contribution in [0.3, 0.4) is 0 Å². The number of rotatable bonds is 7. The summed E-state index contributed by atoms with van der Waals surface area (Å²) in [5.41, 5.74) is 0.254. The number of ether oxygens (including phenoxy) is 1. The van der Waals surface area contributed by atoms with E-state index in [1.807, 2.05) is 13.8 Å². The van der Waals surface area contributed by atoms with E-state index in [1.165, 1.54) is 34.3 Å². The Balaban J connectivity index is 2.26. The number of halogens is 1. The van der Waals surface area contributed by atoms with Crippen LogP contribution in [0, 0.1) is 5.92 Å². The molecule has 1 aromatic carbocycles. The highest BCUT2D eigenvalue weighted by Gasteiger charge is 2.40. The third kappa shape index (κ3) is 5.24. The van der Waals surface area contributed by atoms with Crippen molar-refractivity contribution in [3.63, 3.8) is 0 Å². The molecule has 7 nitrogen and oxygen atoms in total. The molecule has 0 aliphatic carbocycles. The Hall–Kier alpha value is -1.10. The summed E-state index contributed by atoms with van der Waals surface area (Å²) in [5, 5.41) is 2.80. The van der Waals surface area contributed by atoms with Gasteiger partial charge in [0.25, 0.3) is 0 Å². The Morgan fingerprint density at radius 2 is 2.11 bits per heavy atom. The fourth-order valence-electron chi connectivity index (χ4n) is 2.47. The molecule has 0 spiro atoms. The van der Waals surface area contributed by atoms with Crippen molar-refractivity contribution in [1.29, 1.82) is 0 Å². The third-order valence-electron chi connectivity index (χ3n) is 3.86. The first kappa shape index (κ1) is 22.2. The minimum atomic E-state index is -3.90. The zero-order valence-corrected chi connectivity index (χ0v) is 18.6. The van der Waals surface area contributed by atoms with Crippen molar-refractivity contribution < 1.29 is 22.7 Å². The number of thioether (sulfide) groups is 1. The second-order valence-corrected chi connectivity index (χ2v) is 10.1. The van der Waals surface area contributed by atoms with Gasteiger partial charge in [0.1, 0.15) is 6.04 Å². The largest absolute Gasteiger partial charge is 0.462 e. The first-order valence-electron chi connectivity index (χ1n) is 8.52. The predicted octanol–water partition coefficient (Wildman–Crippen LogP) is 2.46. The van der Waals surface area contributed by atoms with E-state index in [0.717, 1.165) is 0 Å². The van der Waals surface area contributed by atoms with E-state index in [4.69, 9.17) is 4.74 Å². The summed E-state index contributed by atoms with van der Waals surface area (Å²) in [7, 11) is -3.90. The number of nitrogens with zero attached hydrogens (tertiary/aromatic N) is 1. The number of esters is 1. The zero-order valence-electron chi connectivity index (χ0n) is 15.4. The minimum absolute atomic E-state index is 0.0136. The zero-order chi connectivity index (χ0) is 20.2. The maximum absolute atomic E-state index is 13.1. The molecule has 1 atom stereocenters. The van der Waals surface area contributed by atoms with Gasteiger partial charge in [-0.05, 0) is 47.0 Å². The molecule has 150 valence electrons. The van der Waals surface area contributed by atoms with Crippen LogP contribution < -0.4 is 5.32 Å². The van der Waals surface area contributed by atoms with E-state index in [2.05, 4.69) is 21.2 Å². The SMILES string of the molecule is CCOC(=O)c1ccc(S(=O)(=O)N2CSCC2C(=O)NCC(C)C)c(Br)c1. The molecule has 1 unspecified atom stereocenters. The molecular weight excluding hydrogens is 456 g/mol. The van der Waals surface area contributed by atoms with Crippen LogP contribution in [0.5, 0.6) is 0 Å². The van der Waals surface area contributed by atoms with Crippen LogP contribution in [0.25, 0.3) is 0 Å². The summed E-state index contributed by atoms with van der Waals surface area (Å²) in [6.45, 7) is 6.36. The Morgan fingerprint density at radius 3 is 2.70 bits per heavy atom. The number of benzene rings is 1. The third-order valence-corrected chi connectivity index (χ3v) is 7.87. The molecule has 1 amide bonds. The molecule has 0 radical (unpaired) electrons. The summed E-state index contributed by atoms with van der Waals surface area (Å²) in [6, 6.07) is 3.43. The number of hydrogen-bond donors (Lipinski definition) is 1. The summed E-state index contributed by atoms with van der Waals surface area (Å²) in [4.78, 5) is 24.3. The normalized spacial score (nSPS) is 17.9. The van der Waals surface area contributed by atoms with Gasteiger partial charge in [0.2, 0.25) is 15.9 Å². The van der Waals surface area contributed by atoms with E-state index in [-0.39, 0.29) is 39.2 Å². The minimum Gasteiger partial charge on any atom is -0.462 e. The smallest absolute Gasteiger partial charge is 0.338 e. The highest BCUT2D eigenvalue weighted by molar-refractivity contribution is 9.10. The lowest BCUT2D eigenvalue weighted by Crippen LogP contribution is -2.47. The van der Waals surface area contributed by atoms with Crippen molar-refractivity contribution in [3.05, 3.63) is 28.2 Å². The molecule has 1 saturated heterocycles. The molecule has 27 heavy (non-hydrogen) atoms. The second-order valence-electron chi connectivity index (χ2n) is 6.41. The summed E-state index contributed by atoms with van der Waals surface area (Å²) < 4.78 is 32.6. The lowest BCUT2D eigenvalue weighted by molar-refractivity contribution is -0.123. The molecule has 0 saturated carbocycles. The van der Waals surface area contributed by atoms with Crippen LogP contribution >= 0.6 is 27.7 Å². The average Bonchev–Trinajstić information content (AvgIpc) is 3.10. The lowest BCUT2D eigenvalue weighted by atomic mass is 10.2. The summed E-state index contributed by atoms with van der Waals surface area (Å²) >= 11 is 4.63. The average molecular weight is 479 g/mol. The second kappa shape index (κ2) is 9.40. The molecule has 1 aliphatic heterocycles. The highest BCUT2D eigenvalue weighted by atomic mass is 79.9. The van der Waals surface area contributed by atoms with Gasteiger partial charge in [0, 0.05) is 16.8 Å². The van der Waals surface area contributed by atoms with Gasteiger partial charge in [-0.2, -0.15) is 4.31 Å². The summed E-state index contributed by atoms with van der Waals surface area (Å²) in [5.74, 6) is 0.0644. The molecule has 0 aromatic heterocycles. The maximum atomic E-state index is 13.1. The van der Waals surface area contributed by atoms with Crippen molar-refractivity contribution in [2.45, 2.75) is 31.7 Å². The quantitative estimate of drug-likeness (QED) is 0.605. The monoisotopic (exact) mass is 478 g/mol. The van der Waals surface area contributed by atoms with Gasteiger partial charge in [-0.15, -0.1) is 11.8 Å². The molecule has 1 heterocycles. The van der Waals surface area contributed by atoms with Crippen molar-refractivity contribution in [1.82, 2.24) is 9.62 Å². The van der Waals surface area contributed by atoms with Crippen LogP contribution in [0.4, 0.5) is 0 Å². The topological polar surface area (TPSA) is 92.8 Å². The van der Waals surface area contributed by atoms with E-state index in [1.54, 1.807) is 6.92 Å². The highest BCUT2D eigenvalue weighted by Crippen LogP contribution is 2.32. The van der Waals surface area contributed by atoms with Crippen LogP contribution in [0.15, 0.2) is 27.6 Å². The maximum Gasteiger partial charge on any atom is 0.338 e. The van der Waals surface area contributed by atoms with Crippen LogP contribution in [0.1, 0.15) is 31.1 Å². The lowest BCUT2D eigenvalue weighted by Gasteiger charge is -2.23. The van der Waals surface area contributed by atoms with Crippen molar-refractivity contribution in [3.8, 4) is 0 Å². The molecule has 10 heteroatoms. The van der Waals surface area contributed by atoms with Gasteiger partial charge in [0.15, 0.2) is 0 Å². The number of carbonyl (C=O) groups excluding carboxylic acids is 2. The standard InChI is InChI=1S/C17H23BrN2O5S2/c1-4-25-17(22)12-5-6-15(13(18)7-12)27(23,24)20-10-26-9-14(20)16(21)19-8-11(2)3/h5-7,11,14H,4,8-10H2,1-3H3,(H,19,21). The van der Waals surface area contributed by atoms with E-state index in [0.29, 0.717) is 12.3 Å². The fraction of sp³-hybridized carbons (Fsp3) is 0.529. The Bertz CT molecular complexity index is 814. The van der Waals surface area contributed by atoms with Crippen molar-refractivity contribution in [2.24, 2.45) is 5.92 Å². The molecule has 1 aliphatic rings. The summed E-state index contributed by atoms with van der Waals surface area (Å²) in [6.07, 6.45) is 0. The first-order valence-corrected chi connectivity index (χ1v) is 11.9. The Kier molecular flexibility index (Phi) is 7.73. The van der Waals surface area contributed by atoms with Gasteiger partial charge < -0.3 is 10.1 Å². The predicted molar refractivity (Wildman–Crippen MR) is 108 cm³/mol. The molecular formula is C17H23BrN2O5S2. The van der Waals surface area contributed by atoms with Crippen LogP contribution in [0.2, 0.25) is 0 Å². The van der Waals surface area contributed by atoms with Gasteiger partial charge in [0.05, 0.1) is 22.9 Å². The fourth-order valence-corrected chi connectivity index (χ4v) is 6.66. The molecule has 1 N–H and O–H groups in total. The van der Waals surface area contributed by atoms with E-state index < -0.39 is 22.0 Å². The van der Waals surface area contributed by atoms with Gasteiger partial charge in [-0.3, -0.25) is 4.79 Å². The van der Waals surface area contributed by atoms with Crippen molar-refractivity contribution in [2.75, 3.05) is 24.8 Å². The van der Waals surface area contributed by atoms with Gasteiger partial charge >= 0.3 is 5.97 Å². The molecule has 1 aromatic rings. The molecule has 0 bridgehead atoms. The van der Waals surface area contributed by atoms with E-state index in [9.17, 15) is 18.0 Å². The number of hydrogen-bond acceptors (Lipinski definition) is 6. The van der Waals surface area contributed by atoms with Gasteiger partial charge in [-0.25, -0.2) is 13.2 Å². The number of carbonyl (C=O) groups is 2. The number of nitrogens with one attached hydrogen (secondary N) is 1. The van der Waals surface area contributed by atoms with E-state index >= 15 is 0 Å². The van der Waals surface area contributed by atoms with Crippen molar-refractivity contribution >= 4 is 49.6 Å². The van der Waals surface area contributed by atoms with Crippen LogP contribution in [-0.2, 0) is 19.6 Å². The van der Waals surface area contributed by atoms with Gasteiger partial charge in [-0.1, -0.05) is 13.8 Å². The first-order chi connectivity index (χ1) is 12.7. The molecule has 1 fully saturated rings. The van der Waals surface area contributed by atoms with Crippen LogP contribution in [-0.4, -0.2) is 55.4 Å². The number of sulfonamides is 1. The Morgan fingerprint density at radius 1 is 1.41 bits per heavy atom. The number of amides is 1. The molecule has 2 rings (SSSR count).